The maximum atomic E-state index is 12.4. The highest BCUT2D eigenvalue weighted by Gasteiger charge is 2.18. The SMILES string of the molecule is Cc1cc(C)c(NC(=O)CNC(=O)c2oc3ccc(Cl)cc3c2C)c(C)c1. The van der Waals surface area contributed by atoms with Crippen molar-refractivity contribution in [2.75, 3.05) is 11.9 Å². The fraction of sp³-hybridized carbons (Fsp3) is 0.238. The highest BCUT2D eigenvalue weighted by atomic mass is 35.5. The molecule has 0 saturated carbocycles. The van der Waals surface area contributed by atoms with Crippen LogP contribution in [0, 0.1) is 27.7 Å². The van der Waals surface area contributed by atoms with Gasteiger partial charge in [-0.2, -0.15) is 0 Å². The lowest BCUT2D eigenvalue weighted by molar-refractivity contribution is -0.115. The minimum absolute atomic E-state index is 0.150. The van der Waals surface area contributed by atoms with Crippen LogP contribution in [0.1, 0.15) is 32.8 Å². The van der Waals surface area contributed by atoms with Gasteiger partial charge in [0.15, 0.2) is 5.76 Å². The number of hydrogen-bond donors (Lipinski definition) is 2. The van der Waals surface area contributed by atoms with E-state index in [0.29, 0.717) is 16.2 Å². The van der Waals surface area contributed by atoms with Crippen LogP contribution in [0.2, 0.25) is 5.02 Å². The van der Waals surface area contributed by atoms with Crippen molar-refractivity contribution in [1.82, 2.24) is 5.32 Å². The Morgan fingerprint density at radius 2 is 1.70 bits per heavy atom. The zero-order valence-corrected chi connectivity index (χ0v) is 16.5. The molecule has 1 aromatic heterocycles. The van der Waals surface area contributed by atoms with Crippen LogP contribution in [-0.2, 0) is 4.79 Å². The van der Waals surface area contributed by atoms with Crippen LogP contribution >= 0.6 is 11.6 Å². The van der Waals surface area contributed by atoms with E-state index >= 15 is 0 Å². The molecule has 5 nitrogen and oxygen atoms in total. The lowest BCUT2D eigenvalue weighted by Gasteiger charge is -2.13. The second-order valence-corrected chi connectivity index (χ2v) is 7.14. The topological polar surface area (TPSA) is 71.3 Å². The molecule has 140 valence electrons. The molecule has 0 aliphatic rings. The molecule has 6 heteroatoms. The van der Waals surface area contributed by atoms with Gasteiger partial charge in [0.05, 0.1) is 6.54 Å². The van der Waals surface area contributed by atoms with E-state index in [1.165, 1.54) is 0 Å². The summed E-state index contributed by atoms with van der Waals surface area (Å²) in [4.78, 5) is 24.7. The van der Waals surface area contributed by atoms with Gasteiger partial charge >= 0.3 is 0 Å². The van der Waals surface area contributed by atoms with Crippen LogP contribution in [0.3, 0.4) is 0 Å². The van der Waals surface area contributed by atoms with E-state index in [0.717, 1.165) is 27.8 Å². The average Bonchev–Trinajstić information content (AvgIpc) is 2.92. The van der Waals surface area contributed by atoms with Crippen LogP contribution in [-0.4, -0.2) is 18.4 Å². The summed E-state index contributed by atoms with van der Waals surface area (Å²) >= 11 is 6.00. The van der Waals surface area contributed by atoms with Crippen molar-refractivity contribution in [3.8, 4) is 0 Å². The number of carbonyl (C=O) groups excluding carboxylic acids is 2. The zero-order valence-electron chi connectivity index (χ0n) is 15.7. The molecule has 1 heterocycles. The summed E-state index contributed by atoms with van der Waals surface area (Å²) in [5.41, 5.74) is 5.15. The van der Waals surface area contributed by atoms with Gasteiger partial charge in [-0.05, 0) is 57.0 Å². The van der Waals surface area contributed by atoms with E-state index in [4.69, 9.17) is 16.0 Å². The first kappa shape index (κ1) is 19.0. The Bertz CT molecular complexity index is 1030. The molecule has 2 amide bonds. The van der Waals surface area contributed by atoms with Gasteiger partial charge in [0.2, 0.25) is 5.91 Å². The number of nitrogens with one attached hydrogen (secondary N) is 2. The van der Waals surface area contributed by atoms with Gasteiger partial charge in [-0.15, -0.1) is 0 Å². The van der Waals surface area contributed by atoms with Gasteiger partial charge in [0, 0.05) is 21.7 Å². The Kier molecular flexibility index (Phi) is 5.24. The van der Waals surface area contributed by atoms with Gasteiger partial charge in [-0.3, -0.25) is 9.59 Å². The summed E-state index contributed by atoms with van der Waals surface area (Å²) in [7, 11) is 0. The Hall–Kier alpha value is -2.79. The second kappa shape index (κ2) is 7.45. The standard InChI is InChI=1S/C21H21ClN2O3/c1-11-7-12(2)19(13(3)8-11)24-18(25)10-23-21(26)20-14(4)16-9-15(22)5-6-17(16)27-20/h5-9H,10H2,1-4H3,(H,23,26)(H,24,25). The number of anilines is 1. The number of carbonyl (C=O) groups is 2. The number of furan rings is 1. The number of amides is 2. The third kappa shape index (κ3) is 3.98. The van der Waals surface area contributed by atoms with Crippen molar-refractivity contribution >= 4 is 40.1 Å². The van der Waals surface area contributed by atoms with Crippen molar-refractivity contribution in [3.05, 3.63) is 63.4 Å². The molecule has 2 N–H and O–H groups in total. The first-order chi connectivity index (χ1) is 12.8. The van der Waals surface area contributed by atoms with Crippen LogP contribution in [0.4, 0.5) is 5.69 Å². The smallest absolute Gasteiger partial charge is 0.287 e. The summed E-state index contributed by atoms with van der Waals surface area (Å²) in [6, 6.07) is 9.18. The molecule has 3 rings (SSSR count). The van der Waals surface area contributed by atoms with Crippen LogP contribution < -0.4 is 10.6 Å². The third-order valence-corrected chi connectivity index (χ3v) is 4.69. The normalized spacial score (nSPS) is 10.9. The van der Waals surface area contributed by atoms with Crippen molar-refractivity contribution < 1.29 is 14.0 Å². The Labute approximate surface area is 162 Å². The fourth-order valence-corrected chi connectivity index (χ4v) is 3.38. The van der Waals surface area contributed by atoms with E-state index in [9.17, 15) is 9.59 Å². The molecule has 0 radical (unpaired) electrons. The molecule has 0 spiro atoms. The van der Waals surface area contributed by atoms with E-state index in [1.807, 2.05) is 32.9 Å². The molecule has 27 heavy (non-hydrogen) atoms. The van der Waals surface area contributed by atoms with Crippen molar-refractivity contribution in [2.24, 2.45) is 0 Å². The van der Waals surface area contributed by atoms with E-state index in [1.54, 1.807) is 25.1 Å². The van der Waals surface area contributed by atoms with Crippen molar-refractivity contribution in [2.45, 2.75) is 27.7 Å². The van der Waals surface area contributed by atoms with Gasteiger partial charge in [0.25, 0.3) is 5.91 Å². The van der Waals surface area contributed by atoms with Gasteiger partial charge in [0.1, 0.15) is 5.58 Å². The van der Waals surface area contributed by atoms with Crippen molar-refractivity contribution in [1.29, 1.82) is 0 Å². The minimum Gasteiger partial charge on any atom is -0.451 e. The van der Waals surface area contributed by atoms with E-state index < -0.39 is 5.91 Å². The second-order valence-electron chi connectivity index (χ2n) is 6.70. The lowest BCUT2D eigenvalue weighted by Crippen LogP contribution is -2.33. The highest BCUT2D eigenvalue weighted by Crippen LogP contribution is 2.27. The summed E-state index contributed by atoms with van der Waals surface area (Å²) < 4.78 is 5.62. The monoisotopic (exact) mass is 384 g/mol. The minimum atomic E-state index is -0.438. The molecule has 0 unspecified atom stereocenters. The number of benzene rings is 2. The molecule has 2 aromatic carbocycles. The van der Waals surface area contributed by atoms with Gasteiger partial charge < -0.3 is 15.1 Å². The Morgan fingerprint density at radius 1 is 1.04 bits per heavy atom. The van der Waals surface area contributed by atoms with Gasteiger partial charge in [-0.1, -0.05) is 29.3 Å². The highest BCUT2D eigenvalue weighted by molar-refractivity contribution is 6.31. The quantitative estimate of drug-likeness (QED) is 0.685. The van der Waals surface area contributed by atoms with Gasteiger partial charge in [-0.25, -0.2) is 0 Å². The van der Waals surface area contributed by atoms with Crippen LogP contribution in [0.5, 0.6) is 0 Å². The number of hydrogen-bond acceptors (Lipinski definition) is 3. The Balaban J connectivity index is 1.69. The van der Waals surface area contributed by atoms with Crippen LogP contribution in [0.15, 0.2) is 34.7 Å². The molecule has 3 aromatic rings. The molecule has 0 aliphatic carbocycles. The summed E-state index contributed by atoms with van der Waals surface area (Å²) in [5.74, 6) is -0.551. The zero-order chi connectivity index (χ0) is 19.7. The summed E-state index contributed by atoms with van der Waals surface area (Å²) in [6.07, 6.45) is 0. The lowest BCUT2D eigenvalue weighted by atomic mass is 10.1. The third-order valence-electron chi connectivity index (χ3n) is 4.46. The fourth-order valence-electron chi connectivity index (χ4n) is 3.21. The number of halogens is 1. The maximum Gasteiger partial charge on any atom is 0.287 e. The number of rotatable bonds is 4. The molecule has 0 saturated heterocycles. The molecule has 0 atom stereocenters. The van der Waals surface area contributed by atoms with Crippen molar-refractivity contribution in [3.63, 3.8) is 0 Å². The largest absolute Gasteiger partial charge is 0.451 e. The van der Waals surface area contributed by atoms with E-state index in [2.05, 4.69) is 10.6 Å². The number of aryl methyl sites for hydroxylation is 4. The molecule has 0 aliphatic heterocycles. The van der Waals surface area contributed by atoms with E-state index in [-0.39, 0.29) is 18.2 Å². The predicted molar refractivity (Wildman–Crippen MR) is 108 cm³/mol. The average molecular weight is 385 g/mol. The number of fused-ring (bicyclic) bond motifs is 1. The molecule has 0 bridgehead atoms. The summed E-state index contributed by atoms with van der Waals surface area (Å²) in [5, 5.41) is 6.82. The maximum absolute atomic E-state index is 12.4. The first-order valence-electron chi connectivity index (χ1n) is 8.61. The predicted octanol–water partition coefficient (Wildman–Crippen LogP) is 4.69. The first-order valence-corrected chi connectivity index (χ1v) is 8.98. The van der Waals surface area contributed by atoms with Crippen LogP contribution in [0.25, 0.3) is 11.0 Å². The molecule has 0 fully saturated rings. The molecular weight excluding hydrogens is 364 g/mol. The molecular formula is C21H21ClN2O3. The summed E-state index contributed by atoms with van der Waals surface area (Å²) in [6.45, 7) is 7.53. The Morgan fingerprint density at radius 3 is 2.37 bits per heavy atom.